The van der Waals surface area contributed by atoms with E-state index in [-0.39, 0.29) is 6.42 Å². The van der Waals surface area contributed by atoms with Gasteiger partial charge in [-0.25, -0.2) is 4.79 Å². The molecule has 4 rings (SSSR count). The number of carbonyl (C=O) groups is 3. The molecule has 4 N–H and O–H groups in total. The quantitative estimate of drug-likeness (QED) is 0.108. The van der Waals surface area contributed by atoms with Crippen molar-refractivity contribution in [2.45, 2.75) is 133 Å². The van der Waals surface area contributed by atoms with Gasteiger partial charge >= 0.3 is 17.9 Å². The molecule has 2 heterocycles. The van der Waals surface area contributed by atoms with Gasteiger partial charge in [0.25, 0.3) is 0 Å². The Morgan fingerprint density at radius 1 is 1.05 bits per heavy atom. The number of esters is 3. The Kier molecular flexibility index (Phi) is 8.54. The minimum atomic E-state index is -2.04. The van der Waals surface area contributed by atoms with Gasteiger partial charge in [-0.05, 0) is 38.8 Å². The summed E-state index contributed by atoms with van der Waals surface area (Å²) in [5.74, 6) is -3.35. The Hall–Kier alpha value is -2.31. The Labute approximate surface area is 240 Å². The smallest absolute Gasteiger partial charge is 0.342 e. The van der Waals surface area contributed by atoms with Gasteiger partial charge in [0, 0.05) is 24.7 Å². The van der Waals surface area contributed by atoms with Gasteiger partial charge in [-0.3, -0.25) is 9.59 Å². The predicted octanol–water partition coefficient (Wildman–Crippen LogP) is 1.63. The molecule has 11 nitrogen and oxygen atoms in total. The van der Waals surface area contributed by atoms with Crippen molar-refractivity contribution in [1.82, 2.24) is 0 Å². The Morgan fingerprint density at radius 2 is 1.71 bits per heavy atom. The first kappa shape index (κ1) is 31.6. The van der Waals surface area contributed by atoms with Gasteiger partial charge in [0.1, 0.15) is 18.3 Å². The first-order valence-electron chi connectivity index (χ1n) is 14.5. The molecule has 1 spiro atoms. The maximum atomic E-state index is 13.1. The van der Waals surface area contributed by atoms with Gasteiger partial charge in [-0.2, -0.15) is 0 Å². The molecule has 2 aliphatic heterocycles. The van der Waals surface area contributed by atoms with Crippen LogP contribution in [0.4, 0.5) is 0 Å². The van der Waals surface area contributed by atoms with Crippen LogP contribution in [-0.4, -0.2) is 91.8 Å². The van der Waals surface area contributed by atoms with Crippen molar-refractivity contribution in [3.8, 4) is 0 Å². The Balaban J connectivity index is 1.82. The highest BCUT2D eigenvalue weighted by atomic mass is 16.7. The molecule has 2 fully saturated rings. The largest absolute Gasteiger partial charge is 0.459 e. The van der Waals surface area contributed by atoms with Crippen LogP contribution in [0.25, 0.3) is 0 Å². The molecule has 0 radical (unpaired) electrons. The van der Waals surface area contributed by atoms with Gasteiger partial charge in [-0.15, -0.1) is 0 Å². The average Bonchev–Trinajstić information content (AvgIpc) is 3.48. The van der Waals surface area contributed by atoms with Gasteiger partial charge in [0.2, 0.25) is 0 Å². The molecule has 0 aromatic heterocycles. The number of rotatable bonds is 8. The van der Waals surface area contributed by atoms with Crippen LogP contribution < -0.4 is 0 Å². The van der Waals surface area contributed by atoms with Crippen LogP contribution >= 0.6 is 0 Å². The lowest BCUT2D eigenvalue weighted by Crippen LogP contribution is -2.68. The van der Waals surface area contributed by atoms with E-state index >= 15 is 0 Å². The first-order chi connectivity index (χ1) is 19.1. The number of ether oxygens (including phenoxy) is 4. The molecule has 11 heteroatoms. The molecular weight excluding hydrogens is 536 g/mol. The number of aliphatic hydroxyl groups excluding tert-OH is 3. The van der Waals surface area contributed by atoms with Crippen molar-refractivity contribution in [1.29, 1.82) is 0 Å². The van der Waals surface area contributed by atoms with E-state index in [1.807, 2.05) is 0 Å². The maximum absolute atomic E-state index is 13.1. The number of hydrogen-bond acceptors (Lipinski definition) is 11. The third-order valence-electron chi connectivity index (χ3n) is 9.55. The minimum absolute atomic E-state index is 0.120. The van der Waals surface area contributed by atoms with Crippen LogP contribution in [0.15, 0.2) is 23.8 Å². The van der Waals surface area contributed by atoms with Crippen molar-refractivity contribution in [3.63, 3.8) is 0 Å². The van der Waals surface area contributed by atoms with Crippen LogP contribution in [-0.2, 0) is 33.3 Å². The zero-order chi connectivity index (χ0) is 30.5. The minimum Gasteiger partial charge on any atom is -0.459 e. The number of fused-ring (bicyclic) bond motifs is 1. The van der Waals surface area contributed by atoms with E-state index in [1.54, 1.807) is 6.92 Å². The standard InChI is InChI=1S/C30H44O11/c1-7-8-9-10-11-12-20(33)40-22-16(2)15-19-30(29(6,41-30)26(36)39-19)25(38-17(3)31)23-27(4,24(35)21(22)34)14-13-18(32)28(23,5)37/h13-15,18-19,21-25,32,34-35,37H,7-12H2,1-6H3/b16-15-/t18-,19+,21-,22?,23-,24+,25?,27+,28-,29+,30+/m1/s1. The van der Waals surface area contributed by atoms with Crippen molar-refractivity contribution in [3.05, 3.63) is 23.8 Å². The third-order valence-corrected chi connectivity index (χ3v) is 9.55. The molecule has 0 bridgehead atoms. The lowest BCUT2D eigenvalue weighted by atomic mass is 9.55. The van der Waals surface area contributed by atoms with Crippen molar-refractivity contribution < 1.29 is 53.8 Å². The number of unbranched alkanes of at least 4 members (excludes halogenated alkanes) is 4. The molecule has 2 unspecified atom stereocenters. The summed E-state index contributed by atoms with van der Waals surface area (Å²) in [5, 5.41) is 45.9. The average molecular weight is 581 g/mol. The molecular formula is C30H44O11. The van der Waals surface area contributed by atoms with E-state index in [0.717, 1.165) is 32.6 Å². The highest BCUT2D eigenvalue weighted by Gasteiger charge is 2.87. The Bertz CT molecular complexity index is 1110. The van der Waals surface area contributed by atoms with Gasteiger partial charge < -0.3 is 39.4 Å². The second kappa shape index (κ2) is 11.1. The molecule has 230 valence electrons. The highest BCUT2D eigenvalue weighted by Crippen LogP contribution is 2.65. The topological polar surface area (TPSA) is 172 Å². The summed E-state index contributed by atoms with van der Waals surface area (Å²) in [6.07, 6.45) is 0.148. The van der Waals surface area contributed by atoms with E-state index in [4.69, 9.17) is 18.9 Å². The molecule has 0 aromatic rings. The lowest BCUT2D eigenvalue weighted by molar-refractivity contribution is -0.220. The summed E-state index contributed by atoms with van der Waals surface area (Å²) in [7, 11) is 0. The SMILES string of the molecule is CCCCCCCC(=O)OC1/C(C)=C\[C@@H]2OC(=O)[C@]3(C)O[C@]23C(OC(C)=O)[C@H]2[C@](C)(O)[C@H](O)C=C[C@]2(C)[C@@H](O)[C@@H]1O. The second-order valence-corrected chi connectivity index (χ2v) is 12.6. The van der Waals surface area contributed by atoms with Gasteiger partial charge in [-0.1, -0.05) is 51.7 Å². The predicted molar refractivity (Wildman–Crippen MR) is 144 cm³/mol. The fourth-order valence-electron chi connectivity index (χ4n) is 7.09. The molecule has 0 saturated carbocycles. The number of aliphatic hydroxyl groups is 4. The molecule has 2 aliphatic carbocycles. The summed E-state index contributed by atoms with van der Waals surface area (Å²) in [6.45, 7) is 9.18. The molecule has 0 aromatic carbocycles. The second-order valence-electron chi connectivity index (χ2n) is 12.6. The normalized spacial score (nSPS) is 46.2. The van der Waals surface area contributed by atoms with E-state index < -0.39 is 82.7 Å². The van der Waals surface area contributed by atoms with E-state index in [9.17, 15) is 34.8 Å². The van der Waals surface area contributed by atoms with Crippen LogP contribution in [0, 0.1) is 11.3 Å². The number of hydrogen-bond donors (Lipinski definition) is 4. The van der Waals surface area contributed by atoms with Crippen LogP contribution in [0.3, 0.4) is 0 Å². The van der Waals surface area contributed by atoms with Gasteiger partial charge in [0.15, 0.2) is 23.4 Å². The first-order valence-corrected chi connectivity index (χ1v) is 14.5. The van der Waals surface area contributed by atoms with Crippen molar-refractivity contribution in [2.75, 3.05) is 0 Å². The maximum Gasteiger partial charge on any atom is 0.342 e. The lowest BCUT2D eigenvalue weighted by Gasteiger charge is -2.55. The number of carbonyl (C=O) groups excluding carboxylic acids is 3. The fourth-order valence-corrected chi connectivity index (χ4v) is 7.09. The van der Waals surface area contributed by atoms with E-state index in [2.05, 4.69) is 6.92 Å². The third kappa shape index (κ3) is 5.03. The van der Waals surface area contributed by atoms with Crippen LogP contribution in [0.5, 0.6) is 0 Å². The number of epoxide rings is 1. The monoisotopic (exact) mass is 580 g/mol. The molecule has 11 atom stereocenters. The fraction of sp³-hybridized carbons (Fsp3) is 0.767. The zero-order valence-corrected chi connectivity index (χ0v) is 24.7. The summed E-state index contributed by atoms with van der Waals surface area (Å²) >= 11 is 0. The van der Waals surface area contributed by atoms with E-state index in [1.165, 1.54) is 39.0 Å². The summed E-state index contributed by atoms with van der Waals surface area (Å²) in [5.41, 5.74) is -6.52. The van der Waals surface area contributed by atoms with E-state index in [0.29, 0.717) is 12.0 Å². The van der Waals surface area contributed by atoms with Crippen LogP contribution in [0.2, 0.25) is 0 Å². The summed E-state index contributed by atoms with van der Waals surface area (Å²) < 4.78 is 23.3. The zero-order valence-electron chi connectivity index (χ0n) is 24.7. The van der Waals surface area contributed by atoms with Crippen LogP contribution in [0.1, 0.15) is 80.1 Å². The molecule has 41 heavy (non-hydrogen) atoms. The van der Waals surface area contributed by atoms with Crippen molar-refractivity contribution >= 4 is 17.9 Å². The Morgan fingerprint density at radius 3 is 2.32 bits per heavy atom. The summed E-state index contributed by atoms with van der Waals surface area (Å²) in [6, 6.07) is 0. The molecule has 4 aliphatic rings. The summed E-state index contributed by atoms with van der Waals surface area (Å²) in [4.78, 5) is 38.4. The van der Waals surface area contributed by atoms with Gasteiger partial charge in [0.05, 0.1) is 11.7 Å². The highest BCUT2D eigenvalue weighted by molar-refractivity contribution is 5.89. The van der Waals surface area contributed by atoms with Crippen molar-refractivity contribution in [2.24, 2.45) is 11.3 Å². The molecule has 2 saturated heterocycles. The molecule has 0 amide bonds.